The summed E-state index contributed by atoms with van der Waals surface area (Å²) in [5.41, 5.74) is 0.823. The van der Waals surface area contributed by atoms with E-state index in [4.69, 9.17) is 0 Å². The summed E-state index contributed by atoms with van der Waals surface area (Å²) < 4.78 is 0. The smallest absolute Gasteiger partial charge is 0.187 e. The number of aryl methyl sites for hydroxylation is 1. The van der Waals surface area contributed by atoms with Crippen molar-refractivity contribution in [1.29, 1.82) is 0 Å². The van der Waals surface area contributed by atoms with Gasteiger partial charge in [0, 0.05) is 17.6 Å². The van der Waals surface area contributed by atoms with Gasteiger partial charge in [-0.3, -0.25) is 0 Å². The number of rotatable bonds is 7. The number of nitrogens with one attached hydrogen (secondary N) is 1. The molecule has 100 valence electrons. The summed E-state index contributed by atoms with van der Waals surface area (Å²) in [6.07, 6.45) is 4.21. The number of hydrogen-bond acceptors (Lipinski definition) is 5. The largest absolute Gasteiger partial charge is 0.394 e. The summed E-state index contributed by atoms with van der Waals surface area (Å²) in [6.45, 7) is 5.12. The first-order chi connectivity index (χ1) is 8.70. The second-order valence-electron chi connectivity index (χ2n) is 4.89. The molecule has 5 heteroatoms. The Balaban J connectivity index is 2.01. The maximum atomic E-state index is 9.73. The van der Waals surface area contributed by atoms with Crippen LogP contribution in [-0.4, -0.2) is 39.5 Å². The van der Waals surface area contributed by atoms with E-state index in [-0.39, 0.29) is 12.1 Å². The van der Waals surface area contributed by atoms with Crippen molar-refractivity contribution in [3.05, 3.63) is 18.0 Å². The van der Waals surface area contributed by atoms with Crippen LogP contribution in [0.2, 0.25) is 0 Å². The molecule has 1 aromatic rings. The quantitative estimate of drug-likeness (QED) is 0.581. The van der Waals surface area contributed by atoms with Crippen molar-refractivity contribution in [1.82, 2.24) is 15.3 Å². The van der Waals surface area contributed by atoms with Gasteiger partial charge in [0.25, 0.3) is 0 Å². The minimum Gasteiger partial charge on any atom is -0.394 e. The Morgan fingerprint density at radius 2 is 2.33 bits per heavy atom. The topological polar surface area (TPSA) is 58.0 Å². The van der Waals surface area contributed by atoms with Gasteiger partial charge in [0.1, 0.15) is 0 Å². The van der Waals surface area contributed by atoms with Crippen molar-refractivity contribution in [2.45, 2.75) is 37.4 Å². The molecule has 1 saturated carbocycles. The summed E-state index contributed by atoms with van der Waals surface area (Å²) in [7, 11) is 0. The van der Waals surface area contributed by atoms with E-state index in [1.807, 2.05) is 13.0 Å². The predicted molar refractivity (Wildman–Crippen MR) is 73.7 cm³/mol. The SMILES string of the molecule is CCNC(CO)(CSc1nccc(C)n1)C1CC1. The minimum atomic E-state index is -0.160. The number of aliphatic hydroxyl groups excluding tert-OH is 1. The van der Waals surface area contributed by atoms with Gasteiger partial charge < -0.3 is 10.4 Å². The first-order valence-electron chi connectivity index (χ1n) is 6.48. The highest BCUT2D eigenvalue weighted by atomic mass is 32.2. The Labute approximate surface area is 113 Å². The Bertz CT molecular complexity index is 398. The highest BCUT2D eigenvalue weighted by Gasteiger charge is 2.44. The van der Waals surface area contributed by atoms with Crippen LogP contribution in [0.15, 0.2) is 17.4 Å². The molecule has 1 atom stereocenters. The zero-order valence-electron chi connectivity index (χ0n) is 11.0. The molecule has 4 nitrogen and oxygen atoms in total. The maximum absolute atomic E-state index is 9.73. The van der Waals surface area contributed by atoms with Crippen LogP contribution in [0.5, 0.6) is 0 Å². The lowest BCUT2D eigenvalue weighted by Gasteiger charge is -2.32. The number of hydrogen-bond donors (Lipinski definition) is 2. The zero-order valence-corrected chi connectivity index (χ0v) is 11.8. The zero-order chi connectivity index (χ0) is 13.0. The summed E-state index contributed by atoms with van der Waals surface area (Å²) in [5.74, 6) is 1.42. The summed E-state index contributed by atoms with van der Waals surface area (Å²) >= 11 is 1.63. The van der Waals surface area contributed by atoms with Crippen molar-refractivity contribution in [2.75, 3.05) is 18.9 Å². The molecule has 1 aromatic heterocycles. The fraction of sp³-hybridized carbons (Fsp3) is 0.692. The number of likely N-dealkylation sites (N-methyl/N-ethyl adjacent to an activating group) is 1. The predicted octanol–water partition coefficient (Wildman–Crippen LogP) is 1.63. The molecule has 0 saturated heterocycles. The van der Waals surface area contributed by atoms with Crippen LogP contribution < -0.4 is 5.32 Å². The molecule has 1 aliphatic rings. The average Bonchev–Trinajstić information content (AvgIpc) is 3.19. The molecule has 18 heavy (non-hydrogen) atoms. The van der Waals surface area contributed by atoms with Gasteiger partial charge in [0.2, 0.25) is 0 Å². The highest BCUT2D eigenvalue weighted by molar-refractivity contribution is 7.99. The van der Waals surface area contributed by atoms with Crippen LogP contribution in [0.4, 0.5) is 0 Å². The van der Waals surface area contributed by atoms with Crippen LogP contribution >= 0.6 is 11.8 Å². The number of thioether (sulfide) groups is 1. The molecule has 0 spiro atoms. The van der Waals surface area contributed by atoms with Crippen LogP contribution in [0, 0.1) is 12.8 Å². The molecule has 0 bridgehead atoms. The molecule has 1 unspecified atom stereocenters. The Kier molecular flexibility index (Phi) is 4.59. The van der Waals surface area contributed by atoms with Crippen LogP contribution in [0.3, 0.4) is 0 Å². The molecule has 0 aromatic carbocycles. The average molecular weight is 267 g/mol. The molecule has 0 aliphatic heterocycles. The maximum Gasteiger partial charge on any atom is 0.187 e. The van der Waals surface area contributed by atoms with Gasteiger partial charge in [-0.1, -0.05) is 18.7 Å². The van der Waals surface area contributed by atoms with Crippen molar-refractivity contribution in [2.24, 2.45) is 5.92 Å². The molecule has 1 aliphatic carbocycles. The van der Waals surface area contributed by atoms with Crippen molar-refractivity contribution < 1.29 is 5.11 Å². The van der Waals surface area contributed by atoms with Crippen LogP contribution in [0.1, 0.15) is 25.5 Å². The van der Waals surface area contributed by atoms with E-state index >= 15 is 0 Å². The number of nitrogens with zero attached hydrogens (tertiary/aromatic N) is 2. The Morgan fingerprint density at radius 3 is 2.89 bits per heavy atom. The van der Waals surface area contributed by atoms with E-state index in [9.17, 15) is 5.11 Å². The van der Waals surface area contributed by atoms with Crippen LogP contribution in [-0.2, 0) is 0 Å². The van der Waals surface area contributed by atoms with Gasteiger partial charge in [-0.25, -0.2) is 9.97 Å². The van der Waals surface area contributed by atoms with Gasteiger partial charge in [-0.15, -0.1) is 0 Å². The normalized spacial score (nSPS) is 18.6. The number of aromatic nitrogens is 2. The third-order valence-electron chi connectivity index (χ3n) is 3.40. The van der Waals surface area contributed by atoms with E-state index in [1.165, 1.54) is 12.8 Å². The van der Waals surface area contributed by atoms with Gasteiger partial charge in [-0.2, -0.15) is 0 Å². The molecule has 0 radical (unpaired) electrons. The molecular weight excluding hydrogens is 246 g/mol. The van der Waals surface area contributed by atoms with E-state index in [1.54, 1.807) is 18.0 Å². The Hall–Kier alpha value is -0.650. The molecule has 0 amide bonds. The van der Waals surface area contributed by atoms with Crippen molar-refractivity contribution in [3.8, 4) is 0 Å². The fourth-order valence-corrected chi connectivity index (χ4v) is 3.38. The molecule has 2 rings (SSSR count). The second-order valence-corrected chi connectivity index (χ2v) is 5.83. The van der Waals surface area contributed by atoms with Crippen molar-refractivity contribution in [3.63, 3.8) is 0 Å². The molecule has 1 heterocycles. The monoisotopic (exact) mass is 267 g/mol. The van der Waals surface area contributed by atoms with Crippen LogP contribution in [0.25, 0.3) is 0 Å². The lowest BCUT2D eigenvalue weighted by Crippen LogP contribution is -2.52. The van der Waals surface area contributed by atoms with E-state index in [2.05, 4.69) is 22.2 Å². The molecule has 1 fully saturated rings. The van der Waals surface area contributed by atoms with E-state index in [0.717, 1.165) is 23.1 Å². The molecular formula is C13H21N3OS. The molecule has 2 N–H and O–H groups in total. The third-order valence-corrected chi connectivity index (χ3v) is 4.52. The van der Waals surface area contributed by atoms with E-state index < -0.39 is 0 Å². The Morgan fingerprint density at radius 1 is 1.56 bits per heavy atom. The number of aliphatic hydroxyl groups is 1. The first-order valence-corrected chi connectivity index (χ1v) is 7.47. The highest BCUT2D eigenvalue weighted by Crippen LogP contribution is 2.41. The van der Waals surface area contributed by atoms with Gasteiger partial charge in [0.15, 0.2) is 5.16 Å². The van der Waals surface area contributed by atoms with Gasteiger partial charge in [0.05, 0.1) is 12.1 Å². The van der Waals surface area contributed by atoms with E-state index in [0.29, 0.717) is 5.92 Å². The fourth-order valence-electron chi connectivity index (χ4n) is 2.22. The van der Waals surface area contributed by atoms with Crippen molar-refractivity contribution >= 4 is 11.8 Å². The summed E-state index contributed by atoms with van der Waals surface area (Å²) in [5, 5.41) is 14.0. The standard InChI is InChI=1S/C13H21N3OS/c1-3-15-13(8-17,11-4-5-11)9-18-12-14-7-6-10(2)16-12/h6-7,11,15,17H,3-5,8-9H2,1-2H3. The lowest BCUT2D eigenvalue weighted by molar-refractivity contribution is 0.161. The van der Waals surface area contributed by atoms with Gasteiger partial charge >= 0.3 is 0 Å². The minimum absolute atomic E-state index is 0.160. The third kappa shape index (κ3) is 3.22. The summed E-state index contributed by atoms with van der Waals surface area (Å²) in [6, 6.07) is 1.90. The van der Waals surface area contributed by atoms with Gasteiger partial charge in [-0.05, 0) is 38.3 Å². The summed E-state index contributed by atoms with van der Waals surface area (Å²) in [4.78, 5) is 8.65. The first kappa shape index (κ1) is 13.8. The second kappa shape index (κ2) is 5.99. The lowest BCUT2D eigenvalue weighted by atomic mass is 9.97.